The summed E-state index contributed by atoms with van der Waals surface area (Å²) in [5.41, 5.74) is 6.39. The fourth-order valence-corrected chi connectivity index (χ4v) is 2.98. The van der Waals surface area contributed by atoms with Gasteiger partial charge in [-0.15, -0.1) is 12.4 Å². The quantitative estimate of drug-likeness (QED) is 0.687. The molecule has 3 atom stereocenters. The molecule has 0 saturated carbocycles. The third-order valence-corrected chi connectivity index (χ3v) is 4.32. The van der Waals surface area contributed by atoms with E-state index in [1.807, 2.05) is 24.3 Å². The number of nitrogens with one attached hydrogen (secondary N) is 1. The normalized spacial score (nSPS) is 20.8. The van der Waals surface area contributed by atoms with Crippen LogP contribution in [0.3, 0.4) is 0 Å². The van der Waals surface area contributed by atoms with Gasteiger partial charge < -0.3 is 20.5 Å². The van der Waals surface area contributed by atoms with Crippen LogP contribution in [-0.2, 0) is 19.1 Å². The molecule has 0 radical (unpaired) electrons. The minimum Gasteiger partial charge on any atom is -0.469 e. The van der Waals surface area contributed by atoms with Crippen LogP contribution in [0.5, 0.6) is 0 Å². The number of hydrogen-bond donors (Lipinski definition) is 2. The lowest BCUT2D eigenvalue weighted by Crippen LogP contribution is -2.38. The van der Waals surface area contributed by atoms with Crippen molar-refractivity contribution in [2.45, 2.75) is 37.5 Å². The third kappa shape index (κ3) is 5.73. The SMILES string of the molecule is COC(=O)CC(NC(=O)[C@@H]1CC[C@H](CN)O1)c1cccc(Br)c1.Cl. The Labute approximate surface area is 156 Å². The van der Waals surface area contributed by atoms with E-state index >= 15 is 0 Å². The van der Waals surface area contributed by atoms with Crippen molar-refractivity contribution in [3.63, 3.8) is 0 Å². The van der Waals surface area contributed by atoms with Crippen LogP contribution in [0.15, 0.2) is 28.7 Å². The van der Waals surface area contributed by atoms with E-state index in [1.54, 1.807) is 0 Å². The number of benzene rings is 1. The molecule has 8 heteroatoms. The second-order valence-corrected chi connectivity index (χ2v) is 6.37. The molecular formula is C16H22BrClN2O4. The maximum absolute atomic E-state index is 12.4. The third-order valence-electron chi connectivity index (χ3n) is 3.83. The van der Waals surface area contributed by atoms with Crippen molar-refractivity contribution < 1.29 is 19.1 Å². The van der Waals surface area contributed by atoms with Crippen LogP contribution >= 0.6 is 28.3 Å². The van der Waals surface area contributed by atoms with E-state index in [9.17, 15) is 9.59 Å². The van der Waals surface area contributed by atoms with Gasteiger partial charge in [-0.2, -0.15) is 0 Å². The average molecular weight is 422 g/mol. The van der Waals surface area contributed by atoms with Gasteiger partial charge in [0.25, 0.3) is 0 Å². The highest BCUT2D eigenvalue weighted by Gasteiger charge is 2.31. The predicted molar refractivity (Wildman–Crippen MR) is 95.9 cm³/mol. The summed E-state index contributed by atoms with van der Waals surface area (Å²) in [4.78, 5) is 24.1. The van der Waals surface area contributed by atoms with Crippen LogP contribution in [-0.4, -0.2) is 37.7 Å². The standard InChI is InChI=1S/C16H21BrN2O4.ClH/c1-22-15(20)8-13(10-3-2-4-11(17)7-10)19-16(21)14-6-5-12(9-18)23-14;/h2-4,7,12-14H,5-6,8-9,18H2,1H3,(H,19,21);1H/t12-,13?,14+;/m1./s1. The summed E-state index contributed by atoms with van der Waals surface area (Å²) >= 11 is 3.40. The van der Waals surface area contributed by atoms with Gasteiger partial charge >= 0.3 is 5.97 Å². The van der Waals surface area contributed by atoms with Gasteiger partial charge in [0.1, 0.15) is 6.10 Å². The summed E-state index contributed by atoms with van der Waals surface area (Å²) in [6, 6.07) is 7.00. The first-order chi connectivity index (χ1) is 11.0. The number of methoxy groups -OCH3 is 1. The Kier molecular flexibility index (Phi) is 8.69. The first-order valence-corrected chi connectivity index (χ1v) is 8.31. The monoisotopic (exact) mass is 420 g/mol. The molecule has 1 heterocycles. The van der Waals surface area contributed by atoms with Gasteiger partial charge in [-0.3, -0.25) is 9.59 Å². The van der Waals surface area contributed by atoms with E-state index in [2.05, 4.69) is 21.2 Å². The second kappa shape index (κ2) is 9.98. The lowest BCUT2D eigenvalue weighted by atomic mass is 10.0. The fraction of sp³-hybridized carbons (Fsp3) is 0.500. The topological polar surface area (TPSA) is 90.7 Å². The van der Waals surface area contributed by atoms with Crippen molar-refractivity contribution in [3.05, 3.63) is 34.3 Å². The molecule has 1 unspecified atom stereocenters. The Hall–Kier alpha value is -1.15. The molecule has 6 nitrogen and oxygen atoms in total. The smallest absolute Gasteiger partial charge is 0.307 e. The van der Waals surface area contributed by atoms with Gasteiger partial charge in [0, 0.05) is 11.0 Å². The van der Waals surface area contributed by atoms with Crippen LogP contribution in [0.4, 0.5) is 0 Å². The van der Waals surface area contributed by atoms with Crippen molar-refractivity contribution in [2.75, 3.05) is 13.7 Å². The largest absolute Gasteiger partial charge is 0.469 e. The number of carbonyl (C=O) groups excluding carboxylic acids is 2. The zero-order chi connectivity index (χ0) is 16.8. The minimum absolute atomic E-state index is 0. The summed E-state index contributed by atoms with van der Waals surface area (Å²) in [6.45, 7) is 0.404. The molecule has 1 amide bonds. The van der Waals surface area contributed by atoms with Crippen LogP contribution in [0, 0.1) is 0 Å². The summed E-state index contributed by atoms with van der Waals surface area (Å²) in [7, 11) is 1.33. The van der Waals surface area contributed by atoms with Crippen molar-refractivity contribution in [3.8, 4) is 0 Å². The van der Waals surface area contributed by atoms with E-state index in [-0.39, 0.29) is 36.8 Å². The van der Waals surface area contributed by atoms with Crippen molar-refractivity contribution in [1.29, 1.82) is 0 Å². The molecule has 1 aliphatic heterocycles. The highest BCUT2D eigenvalue weighted by molar-refractivity contribution is 9.10. The Bertz CT molecular complexity index is 573. The Balaban J connectivity index is 0.00000288. The number of ether oxygens (including phenoxy) is 2. The van der Waals surface area contributed by atoms with Crippen LogP contribution in [0.25, 0.3) is 0 Å². The Morgan fingerprint density at radius 3 is 2.79 bits per heavy atom. The Morgan fingerprint density at radius 2 is 2.21 bits per heavy atom. The first kappa shape index (κ1) is 20.9. The maximum Gasteiger partial charge on any atom is 0.307 e. The molecular weight excluding hydrogens is 400 g/mol. The molecule has 1 aromatic rings. The van der Waals surface area contributed by atoms with Crippen molar-refractivity contribution >= 4 is 40.2 Å². The lowest BCUT2D eigenvalue weighted by molar-refractivity contribution is -0.141. The molecule has 1 saturated heterocycles. The maximum atomic E-state index is 12.4. The average Bonchev–Trinajstić information content (AvgIpc) is 3.03. The van der Waals surface area contributed by atoms with E-state index in [0.717, 1.165) is 16.5 Å². The number of amides is 1. The van der Waals surface area contributed by atoms with Crippen molar-refractivity contribution in [2.24, 2.45) is 5.73 Å². The molecule has 0 aliphatic carbocycles. The molecule has 1 aliphatic rings. The van der Waals surface area contributed by atoms with Gasteiger partial charge in [-0.25, -0.2) is 0 Å². The number of nitrogens with two attached hydrogens (primary N) is 1. The van der Waals surface area contributed by atoms with E-state index in [0.29, 0.717) is 13.0 Å². The van der Waals surface area contributed by atoms with Crippen LogP contribution < -0.4 is 11.1 Å². The highest BCUT2D eigenvalue weighted by Crippen LogP contribution is 2.24. The molecule has 134 valence electrons. The van der Waals surface area contributed by atoms with Gasteiger partial charge in [0.05, 0.1) is 25.7 Å². The lowest BCUT2D eigenvalue weighted by Gasteiger charge is -2.21. The highest BCUT2D eigenvalue weighted by atomic mass is 79.9. The summed E-state index contributed by atoms with van der Waals surface area (Å²) < 4.78 is 11.2. The van der Waals surface area contributed by atoms with E-state index < -0.39 is 12.1 Å². The molecule has 2 rings (SSSR count). The number of hydrogen-bond acceptors (Lipinski definition) is 5. The molecule has 0 bridgehead atoms. The summed E-state index contributed by atoms with van der Waals surface area (Å²) in [5, 5.41) is 2.89. The summed E-state index contributed by atoms with van der Waals surface area (Å²) in [6.07, 6.45) is 0.877. The number of esters is 1. The van der Waals surface area contributed by atoms with Crippen LogP contribution in [0.2, 0.25) is 0 Å². The number of halogens is 2. The van der Waals surface area contributed by atoms with Gasteiger partial charge in [-0.1, -0.05) is 28.1 Å². The molecule has 1 aromatic carbocycles. The van der Waals surface area contributed by atoms with Crippen molar-refractivity contribution in [1.82, 2.24) is 5.32 Å². The molecule has 3 N–H and O–H groups in total. The van der Waals surface area contributed by atoms with Gasteiger partial charge in [-0.05, 0) is 30.5 Å². The second-order valence-electron chi connectivity index (χ2n) is 5.46. The fourth-order valence-electron chi connectivity index (χ4n) is 2.56. The van der Waals surface area contributed by atoms with Gasteiger partial charge in [0.2, 0.25) is 5.91 Å². The number of carbonyl (C=O) groups is 2. The first-order valence-electron chi connectivity index (χ1n) is 7.51. The zero-order valence-electron chi connectivity index (χ0n) is 13.4. The predicted octanol–water partition coefficient (Wildman–Crippen LogP) is 2.10. The molecule has 24 heavy (non-hydrogen) atoms. The Morgan fingerprint density at radius 1 is 1.46 bits per heavy atom. The van der Waals surface area contributed by atoms with Crippen LogP contribution in [0.1, 0.15) is 30.9 Å². The molecule has 0 spiro atoms. The number of rotatable bonds is 6. The van der Waals surface area contributed by atoms with E-state index in [4.69, 9.17) is 15.2 Å². The zero-order valence-corrected chi connectivity index (χ0v) is 15.8. The minimum atomic E-state index is -0.518. The molecule has 1 fully saturated rings. The molecule has 0 aromatic heterocycles. The van der Waals surface area contributed by atoms with E-state index in [1.165, 1.54) is 7.11 Å². The van der Waals surface area contributed by atoms with Gasteiger partial charge in [0.15, 0.2) is 0 Å². The summed E-state index contributed by atoms with van der Waals surface area (Å²) in [5.74, 6) is -0.614.